The van der Waals surface area contributed by atoms with Crippen LogP contribution in [0.15, 0.2) is 30.5 Å². The lowest BCUT2D eigenvalue weighted by molar-refractivity contribution is 0.285. The molecule has 1 fully saturated rings. The molecule has 0 atom stereocenters. The summed E-state index contributed by atoms with van der Waals surface area (Å²) in [6, 6.07) is 4.86. The molecule has 1 aliphatic carbocycles. The van der Waals surface area contributed by atoms with E-state index in [0.717, 1.165) is 11.1 Å². The molecule has 0 bridgehead atoms. The zero-order valence-electron chi connectivity index (χ0n) is 9.42. The van der Waals surface area contributed by atoms with Crippen LogP contribution in [0.5, 0.6) is 5.75 Å². The van der Waals surface area contributed by atoms with Gasteiger partial charge in [0.2, 0.25) is 0 Å². The number of ether oxygens (including phenoxy) is 1. The summed E-state index contributed by atoms with van der Waals surface area (Å²) >= 11 is 0. The lowest BCUT2D eigenvalue weighted by Crippen LogP contribution is -2.01. The fraction of sp³-hybridized carbons (Fsp3) is 0.357. The smallest absolute Gasteiger partial charge is 0.165 e. The molecule has 84 valence electrons. The lowest BCUT2D eigenvalue weighted by atomic mass is 10.1. The van der Waals surface area contributed by atoms with Crippen LogP contribution >= 0.6 is 0 Å². The molecule has 0 aliphatic heterocycles. The summed E-state index contributed by atoms with van der Waals surface area (Å²) in [5.74, 6) is 0.652. The van der Waals surface area contributed by atoms with Crippen LogP contribution in [-0.2, 0) is 0 Å². The number of allylic oxidation sites excluding steroid dienone is 1. The van der Waals surface area contributed by atoms with Gasteiger partial charge in [0, 0.05) is 0 Å². The first-order valence-electron chi connectivity index (χ1n) is 5.50. The van der Waals surface area contributed by atoms with E-state index in [0.29, 0.717) is 18.3 Å². The van der Waals surface area contributed by atoms with E-state index in [4.69, 9.17) is 4.74 Å². The second kappa shape index (κ2) is 4.54. The molecule has 1 aromatic rings. The van der Waals surface area contributed by atoms with E-state index in [1.807, 2.05) is 6.92 Å². The van der Waals surface area contributed by atoms with Crippen molar-refractivity contribution in [3.05, 3.63) is 41.9 Å². The van der Waals surface area contributed by atoms with Crippen molar-refractivity contribution in [3.63, 3.8) is 0 Å². The highest BCUT2D eigenvalue weighted by Crippen LogP contribution is 2.30. The molecule has 0 saturated heterocycles. The zero-order valence-corrected chi connectivity index (χ0v) is 9.42. The quantitative estimate of drug-likeness (QED) is 0.698. The molecular formula is C14H15FO. The fourth-order valence-electron chi connectivity index (χ4n) is 1.44. The molecule has 1 saturated carbocycles. The largest absolute Gasteiger partial charge is 0.490 e. The van der Waals surface area contributed by atoms with Crippen LogP contribution in [0.2, 0.25) is 0 Å². The van der Waals surface area contributed by atoms with Crippen LogP contribution in [0, 0.1) is 11.7 Å². The molecule has 1 aromatic carbocycles. The summed E-state index contributed by atoms with van der Waals surface area (Å²) in [5.41, 5.74) is 4.60. The Hall–Kier alpha value is -1.53. The third-order valence-corrected chi connectivity index (χ3v) is 2.80. The minimum absolute atomic E-state index is 0.304. The first-order chi connectivity index (χ1) is 7.70. The highest BCUT2D eigenvalue weighted by atomic mass is 19.1. The van der Waals surface area contributed by atoms with Crippen molar-refractivity contribution in [1.29, 1.82) is 0 Å². The van der Waals surface area contributed by atoms with Gasteiger partial charge in [0.25, 0.3) is 0 Å². The van der Waals surface area contributed by atoms with E-state index < -0.39 is 0 Å². The van der Waals surface area contributed by atoms with E-state index in [2.05, 4.69) is 12.3 Å². The van der Waals surface area contributed by atoms with Gasteiger partial charge >= 0.3 is 0 Å². The highest BCUT2D eigenvalue weighted by Gasteiger charge is 2.22. The van der Waals surface area contributed by atoms with Crippen molar-refractivity contribution in [2.75, 3.05) is 6.61 Å². The monoisotopic (exact) mass is 218 g/mol. The average Bonchev–Trinajstić information content (AvgIpc) is 3.11. The van der Waals surface area contributed by atoms with Gasteiger partial charge in [-0.05, 0) is 49.0 Å². The second-order valence-corrected chi connectivity index (χ2v) is 4.20. The van der Waals surface area contributed by atoms with E-state index in [1.54, 1.807) is 12.1 Å². The lowest BCUT2D eigenvalue weighted by Gasteiger charge is -2.08. The van der Waals surface area contributed by atoms with Gasteiger partial charge in [0.05, 0.1) is 6.61 Å². The Bertz CT molecular complexity index is 440. The average molecular weight is 218 g/mol. The number of hydrogen-bond acceptors (Lipinski definition) is 1. The Morgan fingerprint density at radius 2 is 2.31 bits per heavy atom. The number of halogens is 1. The first-order valence-corrected chi connectivity index (χ1v) is 5.50. The highest BCUT2D eigenvalue weighted by molar-refractivity contribution is 5.64. The maximum atomic E-state index is 13.4. The minimum Gasteiger partial charge on any atom is -0.490 e. The zero-order chi connectivity index (χ0) is 11.5. The molecule has 0 spiro atoms. The number of hydrogen-bond donors (Lipinski definition) is 0. The van der Waals surface area contributed by atoms with Crippen molar-refractivity contribution >= 4 is 5.57 Å². The summed E-state index contributed by atoms with van der Waals surface area (Å²) in [5, 5.41) is 0. The topological polar surface area (TPSA) is 9.23 Å². The Labute approximate surface area is 95.2 Å². The molecule has 0 heterocycles. The maximum Gasteiger partial charge on any atom is 0.165 e. The summed E-state index contributed by atoms with van der Waals surface area (Å²) in [6.07, 6.45) is 2.40. The van der Waals surface area contributed by atoms with Gasteiger partial charge < -0.3 is 4.74 Å². The fourth-order valence-corrected chi connectivity index (χ4v) is 1.44. The molecule has 0 unspecified atom stereocenters. The van der Waals surface area contributed by atoms with Crippen LogP contribution in [0.4, 0.5) is 4.39 Å². The Morgan fingerprint density at radius 1 is 1.56 bits per heavy atom. The van der Waals surface area contributed by atoms with E-state index in [-0.39, 0.29) is 5.82 Å². The van der Waals surface area contributed by atoms with E-state index >= 15 is 0 Å². The molecular weight excluding hydrogens is 203 g/mol. The van der Waals surface area contributed by atoms with Gasteiger partial charge in [0.15, 0.2) is 11.6 Å². The summed E-state index contributed by atoms with van der Waals surface area (Å²) < 4.78 is 18.9. The van der Waals surface area contributed by atoms with E-state index in [1.165, 1.54) is 18.9 Å². The van der Waals surface area contributed by atoms with Crippen molar-refractivity contribution in [2.45, 2.75) is 19.8 Å². The van der Waals surface area contributed by atoms with Crippen LogP contribution in [0.1, 0.15) is 25.3 Å². The van der Waals surface area contributed by atoms with Crippen molar-refractivity contribution in [3.8, 4) is 5.75 Å². The number of benzene rings is 1. The van der Waals surface area contributed by atoms with Crippen molar-refractivity contribution in [2.24, 2.45) is 5.92 Å². The summed E-state index contributed by atoms with van der Waals surface area (Å²) in [7, 11) is 0. The van der Waals surface area contributed by atoms with Crippen molar-refractivity contribution < 1.29 is 9.13 Å². The molecule has 0 N–H and O–H groups in total. The van der Waals surface area contributed by atoms with E-state index in [9.17, 15) is 4.39 Å². The molecule has 1 nitrogen and oxygen atoms in total. The number of rotatable bonds is 4. The van der Waals surface area contributed by atoms with Gasteiger partial charge in [-0.2, -0.15) is 0 Å². The first kappa shape index (κ1) is 11.0. The van der Waals surface area contributed by atoms with Crippen LogP contribution in [-0.4, -0.2) is 6.61 Å². The van der Waals surface area contributed by atoms with Crippen LogP contribution < -0.4 is 4.74 Å². The third-order valence-electron chi connectivity index (χ3n) is 2.80. The van der Waals surface area contributed by atoms with Gasteiger partial charge in [-0.25, -0.2) is 4.39 Å². The SMILES string of the molecule is C=C=C(C)c1ccc(F)c(OCC2CC2)c1. The Balaban J connectivity index is 2.17. The van der Waals surface area contributed by atoms with Gasteiger partial charge in [-0.1, -0.05) is 12.6 Å². The van der Waals surface area contributed by atoms with Crippen LogP contribution in [0.25, 0.3) is 5.57 Å². The van der Waals surface area contributed by atoms with Gasteiger partial charge in [-0.3, -0.25) is 0 Å². The summed E-state index contributed by atoms with van der Waals surface area (Å²) in [6.45, 7) is 6.09. The third kappa shape index (κ3) is 2.53. The predicted octanol–water partition coefficient (Wildman–Crippen LogP) is 3.80. The van der Waals surface area contributed by atoms with Gasteiger partial charge in [0.1, 0.15) is 0 Å². The Morgan fingerprint density at radius 3 is 2.94 bits per heavy atom. The minimum atomic E-state index is -0.304. The van der Waals surface area contributed by atoms with Crippen LogP contribution in [0.3, 0.4) is 0 Å². The molecule has 0 aromatic heterocycles. The molecule has 1 aliphatic rings. The molecule has 0 radical (unpaired) electrons. The molecule has 2 rings (SSSR count). The van der Waals surface area contributed by atoms with Gasteiger partial charge in [-0.15, -0.1) is 5.73 Å². The standard InChI is InChI=1S/C14H15FO/c1-3-10(2)12-6-7-13(15)14(8-12)16-9-11-4-5-11/h6-8,11H,1,4-5,9H2,2H3. The maximum absolute atomic E-state index is 13.4. The molecule has 16 heavy (non-hydrogen) atoms. The normalized spacial score (nSPS) is 14.4. The molecule has 2 heteroatoms. The van der Waals surface area contributed by atoms with Crippen molar-refractivity contribution in [1.82, 2.24) is 0 Å². The second-order valence-electron chi connectivity index (χ2n) is 4.20. The molecule has 0 amide bonds. The Kier molecular flexibility index (Phi) is 3.12. The predicted molar refractivity (Wildman–Crippen MR) is 62.8 cm³/mol. The summed E-state index contributed by atoms with van der Waals surface area (Å²) in [4.78, 5) is 0.